The van der Waals surface area contributed by atoms with Gasteiger partial charge in [0, 0.05) is 5.02 Å². The molecule has 0 aromatic heterocycles. The van der Waals surface area contributed by atoms with E-state index in [0.717, 1.165) is 11.1 Å². The van der Waals surface area contributed by atoms with E-state index in [9.17, 15) is 14.4 Å². The lowest BCUT2D eigenvalue weighted by atomic mass is 9.84. The Bertz CT molecular complexity index is 1050. The van der Waals surface area contributed by atoms with Crippen molar-refractivity contribution in [3.8, 4) is 0 Å². The fourth-order valence-corrected chi connectivity index (χ4v) is 4.80. The summed E-state index contributed by atoms with van der Waals surface area (Å²) in [6, 6.07) is 13.0. The Labute approximate surface area is 166 Å². The summed E-state index contributed by atoms with van der Waals surface area (Å²) in [5, 5.41) is 6.61. The minimum absolute atomic E-state index is 0.173. The number of fused-ring (bicyclic) bond motifs is 5. The van der Waals surface area contributed by atoms with Gasteiger partial charge < -0.3 is 0 Å². The van der Waals surface area contributed by atoms with E-state index in [4.69, 9.17) is 11.6 Å². The molecule has 0 spiro atoms. The van der Waals surface area contributed by atoms with Gasteiger partial charge in [-0.1, -0.05) is 35.9 Å². The van der Waals surface area contributed by atoms with Crippen molar-refractivity contribution in [2.24, 2.45) is 16.9 Å². The van der Waals surface area contributed by atoms with Crippen LogP contribution in [0.5, 0.6) is 0 Å². The minimum Gasteiger partial charge on any atom is -0.298 e. The maximum atomic E-state index is 13.4. The predicted molar refractivity (Wildman–Crippen MR) is 104 cm³/mol. The van der Waals surface area contributed by atoms with E-state index in [2.05, 4.69) is 5.10 Å². The van der Waals surface area contributed by atoms with Gasteiger partial charge in [-0.05, 0) is 42.3 Å². The Kier molecular flexibility index (Phi) is 3.67. The van der Waals surface area contributed by atoms with Crippen molar-refractivity contribution in [3.05, 3.63) is 64.7 Å². The number of nitrogens with zero attached hydrogens (tertiary/aromatic N) is 3. The number of carbonyl (C=O) groups excluding carboxylic acids is 3. The zero-order chi connectivity index (χ0) is 19.6. The number of halogens is 1. The van der Waals surface area contributed by atoms with Crippen molar-refractivity contribution in [2.75, 3.05) is 4.90 Å². The highest BCUT2D eigenvalue weighted by atomic mass is 35.5. The summed E-state index contributed by atoms with van der Waals surface area (Å²) in [4.78, 5) is 40.4. The number of hydrogen-bond acceptors (Lipinski definition) is 5. The van der Waals surface area contributed by atoms with Crippen LogP contribution >= 0.6 is 11.6 Å². The fraction of sp³-hybridized carbons (Fsp3) is 0.238. The Balaban J connectivity index is 1.65. The van der Waals surface area contributed by atoms with E-state index in [-0.39, 0.29) is 17.6 Å². The number of hydrazone groups is 1. The second kappa shape index (κ2) is 6.01. The van der Waals surface area contributed by atoms with Gasteiger partial charge in [-0.3, -0.25) is 19.4 Å². The van der Waals surface area contributed by atoms with Crippen LogP contribution in [-0.2, 0) is 14.4 Å². The second-order valence-electron chi connectivity index (χ2n) is 7.29. The monoisotopic (exact) mass is 393 g/mol. The molecule has 4 atom stereocenters. The van der Waals surface area contributed by atoms with Crippen molar-refractivity contribution in [1.29, 1.82) is 0 Å². The summed E-state index contributed by atoms with van der Waals surface area (Å²) < 4.78 is 0. The molecule has 7 heteroatoms. The molecule has 6 nitrogen and oxygen atoms in total. The number of amides is 2. The molecule has 140 valence electrons. The van der Waals surface area contributed by atoms with Crippen LogP contribution in [0.2, 0.25) is 5.02 Å². The summed E-state index contributed by atoms with van der Waals surface area (Å²) in [5.41, 5.74) is 2.28. The highest BCUT2D eigenvalue weighted by molar-refractivity contribution is 6.31. The van der Waals surface area contributed by atoms with Crippen LogP contribution in [0.25, 0.3) is 0 Å². The molecule has 3 aliphatic heterocycles. The van der Waals surface area contributed by atoms with Crippen LogP contribution in [0.3, 0.4) is 0 Å². The van der Waals surface area contributed by atoms with Crippen LogP contribution in [-0.4, -0.2) is 34.9 Å². The van der Waals surface area contributed by atoms with Gasteiger partial charge in [-0.25, -0.2) is 4.90 Å². The number of rotatable bonds is 2. The van der Waals surface area contributed by atoms with Crippen molar-refractivity contribution < 1.29 is 14.4 Å². The van der Waals surface area contributed by atoms with Crippen LogP contribution in [0.4, 0.5) is 5.69 Å². The normalized spacial score (nSPS) is 27.6. The van der Waals surface area contributed by atoms with Crippen LogP contribution in [0, 0.1) is 11.8 Å². The molecule has 0 saturated carbocycles. The number of benzene rings is 2. The number of anilines is 1. The molecular weight excluding hydrogens is 378 g/mol. The van der Waals surface area contributed by atoms with Gasteiger partial charge in [0.25, 0.3) is 0 Å². The van der Waals surface area contributed by atoms with E-state index in [0.29, 0.717) is 10.7 Å². The van der Waals surface area contributed by atoms with Gasteiger partial charge in [0.1, 0.15) is 6.04 Å². The van der Waals surface area contributed by atoms with Crippen molar-refractivity contribution in [3.63, 3.8) is 0 Å². The van der Waals surface area contributed by atoms with Gasteiger partial charge in [0.05, 0.1) is 29.8 Å². The van der Waals surface area contributed by atoms with E-state index in [1.807, 2.05) is 24.3 Å². The van der Waals surface area contributed by atoms with Crippen LogP contribution in [0.15, 0.2) is 53.6 Å². The number of carbonyl (C=O) groups is 3. The molecule has 2 saturated heterocycles. The van der Waals surface area contributed by atoms with Crippen molar-refractivity contribution in [1.82, 2.24) is 5.01 Å². The molecule has 3 aliphatic rings. The number of Topliss-reactive ketones (excluding diaryl/α,β-unsaturated/α-hetero) is 1. The van der Waals surface area contributed by atoms with Gasteiger partial charge >= 0.3 is 0 Å². The molecule has 2 aromatic carbocycles. The molecule has 3 heterocycles. The van der Waals surface area contributed by atoms with Gasteiger partial charge in [0.15, 0.2) is 5.78 Å². The average molecular weight is 394 g/mol. The quantitative estimate of drug-likeness (QED) is 0.736. The molecule has 0 bridgehead atoms. The van der Waals surface area contributed by atoms with E-state index < -0.39 is 23.9 Å². The van der Waals surface area contributed by atoms with Gasteiger partial charge in [0.2, 0.25) is 11.8 Å². The van der Waals surface area contributed by atoms with E-state index in [1.165, 1.54) is 11.8 Å². The molecule has 2 aromatic rings. The first-order valence-corrected chi connectivity index (χ1v) is 9.42. The molecule has 2 amide bonds. The Hall–Kier alpha value is -2.99. The van der Waals surface area contributed by atoms with Crippen LogP contribution < -0.4 is 4.90 Å². The van der Waals surface area contributed by atoms with Crippen molar-refractivity contribution >= 4 is 41.1 Å². The molecule has 0 N–H and O–H groups in total. The summed E-state index contributed by atoms with van der Waals surface area (Å²) in [6.45, 7) is 1.45. The molecule has 28 heavy (non-hydrogen) atoms. The first-order valence-electron chi connectivity index (χ1n) is 9.04. The standard InChI is InChI=1S/C21H16ClN3O3/c1-11(26)18-16-17(19-15-5-3-2-4-12(15)10-23-25(18)19)21(28)24(20(16)27)14-8-6-13(22)7-9-14/h2-10,16-19H,1H3/t16-,17+,18-,19+/m0/s1. The third-order valence-electron chi connectivity index (χ3n) is 5.79. The summed E-state index contributed by atoms with van der Waals surface area (Å²) in [6.07, 6.45) is 1.69. The highest BCUT2D eigenvalue weighted by Crippen LogP contribution is 2.52. The molecule has 2 fully saturated rings. The molecule has 0 radical (unpaired) electrons. The van der Waals surface area contributed by atoms with E-state index in [1.54, 1.807) is 35.5 Å². The Morgan fingerprint density at radius 2 is 1.68 bits per heavy atom. The molecule has 5 rings (SSSR count). The number of imide groups is 1. The lowest BCUT2D eigenvalue weighted by Gasteiger charge is -2.33. The zero-order valence-corrected chi connectivity index (χ0v) is 15.7. The number of hydrogen-bond donors (Lipinski definition) is 0. The summed E-state index contributed by atoms with van der Waals surface area (Å²) in [5.74, 6) is -2.25. The molecular formula is C21H16ClN3O3. The SMILES string of the molecule is CC(=O)[C@H]1[C@H]2C(=O)N(c3ccc(Cl)cc3)C(=O)[C@H]2[C@H]2c3ccccc3C=NN21. The fourth-order valence-electron chi connectivity index (χ4n) is 4.67. The second-order valence-corrected chi connectivity index (χ2v) is 7.73. The topological polar surface area (TPSA) is 70.0 Å². The Morgan fingerprint density at radius 3 is 2.39 bits per heavy atom. The maximum absolute atomic E-state index is 13.4. The van der Waals surface area contributed by atoms with Crippen molar-refractivity contribution in [2.45, 2.75) is 19.0 Å². The minimum atomic E-state index is -0.756. The van der Waals surface area contributed by atoms with Gasteiger partial charge in [-0.2, -0.15) is 5.10 Å². The largest absolute Gasteiger partial charge is 0.298 e. The first-order chi connectivity index (χ1) is 13.5. The van der Waals surface area contributed by atoms with E-state index >= 15 is 0 Å². The Morgan fingerprint density at radius 1 is 1.00 bits per heavy atom. The van der Waals surface area contributed by atoms with Crippen LogP contribution in [0.1, 0.15) is 24.1 Å². The summed E-state index contributed by atoms with van der Waals surface area (Å²) >= 11 is 5.94. The third-order valence-corrected chi connectivity index (χ3v) is 6.05. The number of ketones is 1. The third kappa shape index (κ3) is 2.21. The summed E-state index contributed by atoms with van der Waals surface area (Å²) in [7, 11) is 0. The highest BCUT2D eigenvalue weighted by Gasteiger charge is 2.64. The van der Waals surface area contributed by atoms with Gasteiger partial charge in [-0.15, -0.1) is 0 Å². The smallest absolute Gasteiger partial charge is 0.240 e. The average Bonchev–Trinajstić information content (AvgIpc) is 3.16. The molecule has 0 aliphatic carbocycles. The maximum Gasteiger partial charge on any atom is 0.240 e. The zero-order valence-electron chi connectivity index (χ0n) is 14.9. The lowest BCUT2D eigenvalue weighted by molar-refractivity contribution is -0.129. The first kappa shape index (κ1) is 17.1. The lowest BCUT2D eigenvalue weighted by Crippen LogP contribution is -2.43. The predicted octanol–water partition coefficient (Wildman–Crippen LogP) is 2.81. The molecule has 0 unspecified atom stereocenters.